The number of benzene rings is 1. The molecule has 4 bridgehead atoms. The van der Waals surface area contributed by atoms with Crippen LogP contribution in [-0.2, 0) is 12.5 Å². The average molecular weight is 342 g/mol. The lowest BCUT2D eigenvalue weighted by Gasteiger charge is -2.56. The molecule has 0 atom stereocenters. The van der Waals surface area contributed by atoms with Crippen molar-refractivity contribution in [1.29, 1.82) is 0 Å². The van der Waals surface area contributed by atoms with Crippen molar-refractivity contribution in [1.82, 2.24) is 14.0 Å². The van der Waals surface area contributed by atoms with Gasteiger partial charge < -0.3 is 4.57 Å². The Labute approximate surface area is 148 Å². The zero-order valence-corrected chi connectivity index (χ0v) is 14.9. The average Bonchev–Trinajstić information content (AvgIpc) is 3.08. The molecule has 0 N–H and O–H groups in total. The van der Waals surface area contributed by atoms with E-state index in [0.29, 0.717) is 5.41 Å². The molecule has 2 aromatic heterocycles. The maximum Gasteiger partial charge on any atom is 0.214 e. The van der Waals surface area contributed by atoms with Gasteiger partial charge in [-0.05, 0) is 68.4 Å². The van der Waals surface area contributed by atoms with Gasteiger partial charge in [0.15, 0.2) is 0 Å². The molecule has 7 rings (SSSR count). The van der Waals surface area contributed by atoms with Crippen molar-refractivity contribution in [2.24, 2.45) is 24.8 Å². The van der Waals surface area contributed by atoms with Crippen LogP contribution in [0.5, 0.6) is 0 Å². The second-order valence-corrected chi connectivity index (χ2v) is 8.54. The molecule has 4 aliphatic carbocycles. The van der Waals surface area contributed by atoms with Crippen LogP contribution in [0, 0.1) is 17.8 Å². The van der Waals surface area contributed by atoms with Gasteiger partial charge >= 0.3 is 0 Å². The van der Waals surface area contributed by atoms with Crippen LogP contribution in [-0.4, -0.2) is 14.0 Å². The number of imidazole rings is 2. The minimum absolute atomic E-state index is 0. The molecule has 3 nitrogen and oxygen atoms in total. The zero-order chi connectivity index (χ0) is 15.2. The summed E-state index contributed by atoms with van der Waals surface area (Å²) in [5.41, 5.74) is 4.33. The summed E-state index contributed by atoms with van der Waals surface area (Å²) in [4.78, 5) is 5.17. The number of para-hydroxylation sites is 2. The highest BCUT2D eigenvalue weighted by Gasteiger charge is 2.52. The van der Waals surface area contributed by atoms with Crippen LogP contribution in [0.25, 0.3) is 16.8 Å². The molecular formula is C20H24ClN3. The summed E-state index contributed by atoms with van der Waals surface area (Å²) in [5, 5.41) is 0. The molecule has 3 aromatic rings. The van der Waals surface area contributed by atoms with Crippen molar-refractivity contribution in [3.63, 3.8) is 0 Å². The van der Waals surface area contributed by atoms with E-state index in [0.717, 1.165) is 23.5 Å². The highest BCUT2D eigenvalue weighted by atomic mass is 35.5. The normalized spacial score (nSPS) is 34.1. The van der Waals surface area contributed by atoms with E-state index in [1.807, 2.05) is 0 Å². The first kappa shape index (κ1) is 14.8. The number of aromatic nitrogens is 3. The lowest BCUT2D eigenvalue weighted by atomic mass is 9.49. The van der Waals surface area contributed by atoms with E-state index in [9.17, 15) is 0 Å². The van der Waals surface area contributed by atoms with E-state index in [1.165, 1.54) is 55.3 Å². The molecule has 4 saturated carbocycles. The third-order valence-corrected chi connectivity index (χ3v) is 7.07. The van der Waals surface area contributed by atoms with E-state index in [-0.39, 0.29) is 12.4 Å². The monoisotopic (exact) mass is 341 g/mol. The van der Waals surface area contributed by atoms with Gasteiger partial charge in [0.05, 0.1) is 16.7 Å². The first-order valence-electron chi connectivity index (χ1n) is 9.15. The summed E-state index contributed by atoms with van der Waals surface area (Å²) < 4.78 is 4.57. The Morgan fingerprint density at radius 3 is 2.17 bits per heavy atom. The molecule has 4 aliphatic rings. The van der Waals surface area contributed by atoms with Crippen LogP contribution in [0.4, 0.5) is 0 Å². The van der Waals surface area contributed by atoms with Crippen LogP contribution >= 0.6 is 12.4 Å². The SMILES string of the molecule is Cl.Cn1c2ccccc2n2cc(C34CC5CC(CC(C5)C3)C4)nc12. The molecule has 24 heavy (non-hydrogen) atoms. The van der Waals surface area contributed by atoms with Gasteiger partial charge in [-0.15, -0.1) is 12.4 Å². The molecule has 0 aliphatic heterocycles. The Kier molecular flexibility index (Phi) is 2.96. The van der Waals surface area contributed by atoms with E-state index in [2.05, 4.69) is 46.5 Å². The molecule has 4 heteroatoms. The molecule has 0 spiro atoms. The minimum Gasteiger partial charge on any atom is -0.313 e. The summed E-state index contributed by atoms with van der Waals surface area (Å²) >= 11 is 0. The van der Waals surface area contributed by atoms with Crippen molar-refractivity contribution < 1.29 is 0 Å². The maximum atomic E-state index is 5.17. The van der Waals surface area contributed by atoms with Gasteiger partial charge in [0.1, 0.15) is 0 Å². The molecular weight excluding hydrogens is 318 g/mol. The predicted octanol–water partition coefficient (Wildman–Crippen LogP) is 4.72. The van der Waals surface area contributed by atoms with Crippen LogP contribution in [0.15, 0.2) is 30.5 Å². The third-order valence-electron chi connectivity index (χ3n) is 7.07. The predicted molar refractivity (Wildman–Crippen MR) is 98.8 cm³/mol. The van der Waals surface area contributed by atoms with Gasteiger partial charge in [-0.2, -0.15) is 0 Å². The Bertz CT molecular complexity index is 900. The smallest absolute Gasteiger partial charge is 0.214 e. The topological polar surface area (TPSA) is 22.2 Å². The van der Waals surface area contributed by atoms with Crippen molar-refractivity contribution in [2.75, 3.05) is 0 Å². The van der Waals surface area contributed by atoms with E-state index >= 15 is 0 Å². The molecule has 2 heterocycles. The molecule has 1 aromatic carbocycles. The fraction of sp³-hybridized carbons (Fsp3) is 0.550. The van der Waals surface area contributed by atoms with Gasteiger partial charge in [-0.25, -0.2) is 4.98 Å². The van der Waals surface area contributed by atoms with Crippen molar-refractivity contribution in [3.8, 4) is 0 Å². The highest BCUT2D eigenvalue weighted by molar-refractivity contribution is 5.85. The van der Waals surface area contributed by atoms with E-state index in [4.69, 9.17) is 4.98 Å². The summed E-state index contributed by atoms with van der Waals surface area (Å²) in [6, 6.07) is 8.65. The first-order chi connectivity index (χ1) is 11.2. The van der Waals surface area contributed by atoms with Gasteiger partial charge in [0.2, 0.25) is 5.78 Å². The summed E-state index contributed by atoms with van der Waals surface area (Å²) in [6.07, 6.45) is 11.0. The number of nitrogens with zero attached hydrogens (tertiary/aromatic N) is 3. The van der Waals surface area contributed by atoms with Crippen LogP contribution in [0.1, 0.15) is 44.2 Å². The van der Waals surface area contributed by atoms with E-state index < -0.39 is 0 Å². The fourth-order valence-electron chi connectivity index (χ4n) is 6.52. The lowest BCUT2D eigenvalue weighted by Crippen LogP contribution is -2.48. The molecule has 4 fully saturated rings. The Hall–Kier alpha value is -1.48. The lowest BCUT2D eigenvalue weighted by molar-refractivity contribution is -0.00698. The first-order valence-corrected chi connectivity index (χ1v) is 9.15. The number of rotatable bonds is 1. The van der Waals surface area contributed by atoms with Crippen molar-refractivity contribution in [3.05, 3.63) is 36.2 Å². The van der Waals surface area contributed by atoms with Crippen molar-refractivity contribution >= 4 is 29.2 Å². The number of halogens is 1. The Balaban J connectivity index is 0.00000131. The second kappa shape index (κ2) is 4.78. The number of fused-ring (bicyclic) bond motifs is 3. The standard InChI is InChI=1S/C20H23N3.ClH/c1-22-16-4-2-3-5-17(16)23-12-18(21-19(22)23)20-9-13-6-14(10-20)8-15(7-13)11-20;/h2-5,12-15H,6-11H2,1H3;1H. The molecule has 0 saturated heterocycles. The second-order valence-electron chi connectivity index (χ2n) is 8.54. The van der Waals surface area contributed by atoms with Gasteiger partial charge in [-0.1, -0.05) is 12.1 Å². The molecule has 0 radical (unpaired) electrons. The summed E-state index contributed by atoms with van der Waals surface area (Å²) in [7, 11) is 2.15. The Morgan fingerprint density at radius 2 is 1.54 bits per heavy atom. The van der Waals surface area contributed by atoms with Gasteiger partial charge in [-0.3, -0.25) is 4.40 Å². The van der Waals surface area contributed by atoms with Crippen molar-refractivity contribution in [2.45, 2.75) is 43.9 Å². The van der Waals surface area contributed by atoms with Gasteiger partial charge in [0.25, 0.3) is 0 Å². The zero-order valence-electron chi connectivity index (χ0n) is 14.1. The van der Waals surface area contributed by atoms with Gasteiger partial charge in [0, 0.05) is 18.7 Å². The minimum atomic E-state index is 0. The Morgan fingerprint density at radius 1 is 0.958 bits per heavy atom. The van der Waals surface area contributed by atoms with E-state index in [1.54, 1.807) is 0 Å². The molecule has 0 unspecified atom stereocenters. The van der Waals surface area contributed by atoms with Crippen LogP contribution in [0.2, 0.25) is 0 Å². The number of aryl methyl sites for hydroxylation is 1. The maximum absolute atomic E-state index is 5.17. The molecule has 126 valence electrons. The largest absolute Gasteiger partial charge is 0.313 e. The van der Waals surface area contributed by atoms with Crippen LogP contribution in [0.3, 0.4) is 0 Å². The number of hydrogen-bond donors (Lipinski definition) is 0. The summed E-state index contributed by atoms with van der Waals surface area (Å²) in [5.74, 6) is 4.03. The molecule has 0 amide bonds. The quantitative estimate of drug-likeness (QED) is 0.628. The third kappa shape index (κ3) is 1.77. The fourth-order valence-corrected chi connectivity index (χ4v) is 6.52. The number of hydrogen-bond acceptors (Lipinski definition) is 1. The van der Waals surface area contributed by atoms with Crippen LogP contribution < -0.4 is 0 Å². The summed E-state index contributed by atoms with van der Waals surface area (Å²) in [6.45, 7) is 0. The highest BCUT2D eigenvalue weighted by Crippen LogP contribution is 2.60.